The van der Waals surface area contributed by atoms with Crippen molar-refractivity contribution in [1.29, 1.82) is 0 Å². The molecular weight excluding hydrogens is 166 g/mol. The lowest BCUT2D eigenvalue weighted by atomic mass is 10.3. The number of pyridine rings is 1. The number of aromatic nitrogens is 1. The summed E-state index contributed by atoms with van der Waals surface area (Å²) in [4.78, 5) is 5.39. The zero-order chi connectivity index (χ0) is 8.97. The molecule has 1 nitrogen and oxygen atoms in total. The molecule has 64 valence electrons. The van der Waals surface area contributed by atoms with Crippen molar-refractivity contribution in [1.82, 2.24) is 4.98 Å². The minimum atomic E-state index is 1.13. The maximum atomic E-state index is 4.26. The van der Waals surface area contributed by atoms with Crippen LogP contribution in [0, 0.1) is 6.92 Å². The molecule has 2 rings (SSSR count). The highest BCUT2D eigenvalue weighted by Crippen LogP contribution is 2.18. The summed E-state index contributed by atoms with van der Waals surface area (Å²) < 4.78 is 0. The Morgan fingerprint density at radius 3 is 2.83 bits per heavy atom. The molecule has 0 aliphatic heterocycles. The van der Waals surface area contributed by atoms with Gasteiger partial charge in [0.2, 0.25) is 0 Å². The van der Waals surface area contributed by atoms with Crippen LogP contribution in [0.2, 0.25) is 0 Å². The van der Waals surface area contributed by atoms with Crippen LogP contribution in [0.25, 0.3) is 10.2 Å². The Kier molecular flexibility index (Phi) is 3.23. The minimum absolute atomic E-state index is 1.13. The van der Waals surface area contributed by atoms with Crippen LogP contribution in [-0.4, -0.2) is 4.98 Å². The molecule has 0 aliphatic rings. The van der Waals surface area contributed by atoms with E-state index in [0.717, 1.165) is 4.83 Å². The van der Waals surface area contributed by atoms with Gasteiger partial charge in [0.15, 0.2) is 0 Å². The molecule has 2 aromatic heterocycles. The lowest BCUT2D eigenvalue weighted by Crippen LogP contribution is -1.73. The normalized spacial score (nSPS) is 9.25. The molecule has 0 spiro atoms. The summed E-state index contributed by atoms with van der Waals surface area (Å²) in [7, 11) is 0. The van der Waals surface area contributed by atoms with E-state index in [2.05, 4.69) is 29.4 Å². The van der Waals surface area contributed by atoms with Crippen LogP contribution in [0.15, 0.2) is 23.7 Å². The second-order valence-corrected chi connectivity index (χ2v) is 3.22. The topological polar surface area (TPSA) is 12.9 Å². The van der Waals surface area contributed by atoms with E-state index in [9.17, 15) is 0 Å². The molecule has 0 atom stereocenters. The van der Waals surface area contributed by atoms with E-state index in [1.165, 1.54) is 10.9 Å². The van der Waals surface area contributed by atoms with Crippen molar-refractivity contribution in [2.75, 3.05) is 0 Å². The largest absolute Gasteiger partial charge is 0.245 e. The number of rotatable bonds is 0. The Morgan fingerprint density at radius 2 is 2.08 bits per heavy atom. The molecule has 0 radical (unpaired) electrons. The molecule has 0 aliphatic carbocycles. The Labute approximate surface area is 77.1 Å². The average molecular weight is 179 g/mol. The first kappa shape index (κ1) is 9.20. The average Bonchev–Trinajstić information content (AvgIpc) is 2.54. The summed E-state index contributed by atoms with van der Waals surface area (Å²) >= 11 is 1.68. The molecule has 0 amide bonds. The van der Waals surface area contributed by atoms with E-state index < -0.39 is 0 Å². The first-order chi connectivity index (χ1) is 5.86. The summed E-state index contributed by atoms with van der Waals surface area (Å²) in [5.74, 6) is 0. The smallest absolute Gasteiger partial charge is 0.123 e. The molecule has 0 bridgehead atoms. The van der Waals surface area contributed by atoms with Crippen LogP contribution in [0.3, 0.4) is 0 Å². The molecule has 2 heterocycles. The van der Waals surface area contributed by atoms with Gasteiger partial charge in [-0.25, -0.2) is 4.98 Å². The van der Waals surface area contributed by atoms with Crippen LogP contribution >= 0.6 is 11.3 Å². The predicted molar refractivity (Wildman–Crippen MR) is 55.7 cm³/mol. The zero-order valence-electron chi connectivity index (χ0n) is 7.66. The van der Waals surface area contributed by atoms with E-state index >= 15 is 0 Å². The van der Waals surface area contributed by atoms with E-state index in [4.69, 9.17) is 0 Å². The second-order valence-electron chi connectivity index (χ2n) is 2.33. The van der Waals surface area contributed by atoms with Gasteiger partial charge >= 0.3 is 0 Å². The van der Waals surface area contributed by atoms with Crippen LogP contribution in [0.1, 0.15) is 19.4 Å². The number of aryl methyl sites for hydroxylation is 1. The summed E-state index contributed by atoms with van der Waals surface area (Å²) in [6.45, 7) is 6.06. The molecule has 2 heteroatoms. The lowest BCUT2D eigenvalue weighted by Gasteiger charge is -1.89. The van der Waals surface area contributed by atoms with Crippen molar-refractivity contribution in [3.63, 3.8) is 0 Å². The standard InChI is InChI=1S/C8H7NS.C2H6/c1-6-4-7-2-3-10-8(7)9-5-6;1-2/h2-5H,1H3;1-2H3. The van der Waals surface area contributed by atoms with Gasteiger partial charge in [-0.2, -0.15) is 0 Å². The molecule has 0 aromatic carbocycles. The third-order valence-electron chi connectivity index (χ3n) is 1.44. The van der Waals surface area contributed by atoms with E-state index in [1.807, 2.05) is 20.0 Å². The van der Waals surface area contributed by atoms with Crippen molar-refractivity contribution < 1.29 is 0 Å². The van der Waals surface area contributed by atoms with Crippen molar-refractivity contribution in [2.45, 2.75) is 20.8 Å². The first-order valence-electron chi connectivity index (χ1n) is 4.16. The SMILES string of the molecule is CC.Cc1cnc2sccc2c1. The van der Waals surface area contributed by atoms with Crippen LogP contribution in [-0.2, 0) is 0 Å². The Balaban J connectivity index is 0.000000336. The van der Waals surface area contributed by atoms with Gasteiger partial charge in [-0.05, 0) is 30.0 Å². The van der Waals surface area contributed by atoms with E-state index in [1.54, 1.807) is 11.3 Å². The monoisotopic (exact) mass is 179 g/mol. The molecule has 12 heavy (non-hydrogen) atoms. The fraction of sp³-hybridized carbons (Fsp3) is 0.300. The zero-order valence-corrected chi connectivity index (χ0v) is 8.48. The lowest BCUT2D eigenvalue weighted by molar-refractivity contribution is 1.35. The fourth-order valence-corrected chi connectivity index (χ4v) is 1.69. The van der Waals surface area contributed by atoms with Crippen molar-refractivity contribution in [3.8, 4) is 0 Å². The van der Waals surface area contributed by atoms with Gasteiger partial charge in [0.25, 0.3) is 0 Å². The number of fused-ring (bicyclic) bond motifs is 1. The molecular formula is C10H13NS. The summed E-state index contributed by atoms with van der Waals surface area (Å²) in [5, 5.41) is 3.32. The number of hydrogen-bond acceptors (Lipinski definition) is 2. The van der Waals surface area contributed by atoms with Gasteiger partial charge in [-0.1, -0.05) is 13.8 Å². The fourth-order valence-electron chi connectivity index (χ4n) is 0.969. The Hall–Kier alpha value is -0.890. The number of nitrogens with zero attached hydrogens (tertiary/aromatic N) is 1. The maximum absolute atomic E-state index is 4.26. The highest BCUT2D eigenvalue weighted by atomic mass is 32.1. The maximum Gasteiger partial charge on any atom is 0.123 e. The summed E-state index contributed by atoms with van der Waals surface area (Å²) in [6, 6.07) is 4.25. The van der Waals surface area contributed by atoms with E-state index in [0.29, 0.717) is 0 Å². The molecule has 0 fully saturated rings. The molecule has 0 saturated heterocycles. The van der Waals surface area contributed by atoms with Crippen molar-refractivity contribution in [2.24, 2.45) is 0 Å². The van der Waals surface area contributed by atoms with E-state index in [-0.39, 0.29) is 0 Å². The first-order valence-corrected chi connectivity index (χ1v) is 5.04. The van der Waals surface area contributed by atoms with Crippen LogP contribution < -0.4 is 0 Å². The molecule has 0 saturated carbocycles. The number of thiophene rings is 1. The van der Waals surface area contributed by atoms with Gasteiger partial charge in [-0.3, -0.25) is 0 Å². The van der Waals surface area contributed by atoms with Gasteiger partial charge in [-0.15, -0.1) is 11.3 Å². The van der Waals surface area contributed by atoms with Gasteiger partial charge in [0.1, 0.15) is 4.83 Å². The molecule has 2 aromatic rings. The summed E-state index contributed by atoms with van der Waals surface area (Å²) in [5.41, 5.74) is 1.23. The van der Waals surface area contributed by atoms with Crippen LogP contribution in [0.5, 0.6) is 0 Å². The van der Waals surface area contributed by atoms with Gasteiger partial charge in [0.05, 0.1) is 0 Å². The highest BCUT2D eigenvalue weighted by Gasteiger charge is 1.93. The van der Waals surface area contributed by atoms with Crippen molar-refractivity contribution >= 4 is 21.6 Å². The summed E-state index contributed by atoms with van der Waals surface area (Å²) in [6.07, 6.45) is 1.90. The van der Waals surface area contributed by atoms with Crippen molar-refractivity contribution in [3.05, 3.63) is 29.3 Å². The Morgan fingerprint density at radius 1 is 1.33 bits per heavy atom. The molecule has 0 unspecified atom stereocenters. The Bertz CT molecular complexity index is 351. The third kappa shape index (κ3) is 1.83. The van der Waals surface area contributed by atoms with Gasteiger partial charge in [0, 0.05) is 11.6 Å². The highest BCUT2D eigenvalue weighted by molar-refractivity contribution is 7.16. The second kappa shape index (κ2) is 4.21. The number of hydrogen-bond donors (Lipinski definition) is 0. The predicted octanol–water partition coefficient (Wildman–Crippen LogP) is 3.63. The quantitative estimate of drug-likeness (QED) is 0.601. The third-order valence-corrected chi connectivity index (χ3v) is 2.28. The van der Waals surface area contributed by atoms with Crippen LogP contribution in [0.4, 0.5) is 0 Å². The minimum Gasteiger partial charge on any atom is -0.245 e. The van der Waals surface area contributed by atoms with Gasteiger partial charge < -0.3 is 0 Å². The molecule has 0 N–H and O–H groups in total.